The number of nitrogens with zero attached hydrogens (tertiary/aromatic N) is 1. The van der Waals surface area contributed by atoms with Gasteiger partial charge in [-0.05, 0) is 42.8 Å². The molecule has 5 nitrogen and oxygen atoms in total. The van der Waals surface area contributed by atoms with E-state index in [9.17, 15) is 14.8 Å². The Morgan fingerprint density at radius 2 is 2.30 bits per heavy atom. The van der Waals surface area contributed by atoms with E-state index in [0.29, 0.717) is 24.6 Å². The number of fused-ring (bicyclic) bond motifs is 1. The number of carbonyl (C=O) groups excluding carboxylic acids is 1. The number of hydrogen-bond donors (Lipinski definition) is 2. The molecule has 23 heavy (non-hydrogen) atoms. The van der Waals surface area contributed by atoms with Crippen molar-refractivity contribution in [1.29, 1.82) is 0 Å². The van der Waals surface area contributed by atoms with Crippen LogP contribution in [0.4, 0.5) is 0 Å². The lowest BCUT2D eigenvalue weighted by Gasteiger charge is -2.15. The van der Waals surface area contributed by atoms with Gasteiger partial charge in [0.15, 0.2) is 0 Å². The fourth-order valence-corrected chi connectivity index (χ4v) is 3.97. The molecule has 3 rings (SSSR count). The Morgan fingerprint density at radius 1 is 1.48 bits per heavy atom. The van der Waals surface area contributed by atoms with Crippen LogP contribution < -0.4 is 10.2 Å². The smallest absolute Gasteiger partial charge is 0.486 e. The summed E-state index contributed by atoms with van der Waals surface area (Å²) in [6.45, 7) is 2.61. The Bertz CT molecular complexity index is 716. The summed E-state index contributed by atoms with van der Waals surface area (Å²) in [7, 11) is -1.67. The lowest BCUT2D eigenvalue weighted by Crippen LogP contribution is -2.32. The first-order valence-corrected chi connectivity index (χ1v) is 8.44. The van der Waals surface area contributed by atoms with Crippen LogP contribution >= 0.6 is 11.3 Å². The normalized spacial score (nSPS) is 16.7. The summed E-state index contributed by atoms with van der Waals surface area (Å²) in [5.41, 5.74) is 1.58. The van der Waals surface area contributed by atoms with Gasteiger partial charge in [0, 0.05) is 10.4 Å². The third-order valence-corrected chi connectivity index (χ3v) is 5.15. The largest absolute Gasteiger partial charge is 0.489 e. The van der Waals surface area contributed by atoms with E-state index in [4.69, 9.17) is 4.74 Å². The molecule has 0 bridgehead atoms. The molecule has 2 aromatic rings. The summed E-state index contributed by atoms with van der Waals surface area (Å²) in [4.78, 5) is 17.0. The van der Waals surface area contributed by atoms with Crippen molar-refractivity contribution >= 4 is 30.2 Å². The Balaban J connectivity index is 1.70. The number of benzene rings is 1. The first-order chi connectivity index (χ1) is 11.1. The number of rotatable bonds is 5. The van der Waals surface area contributed by atoms with Crippen LogP contribution in [0.3, 0.4) is 0 Å². The molecule has 1 atom stereocenters. The zero-order chi connectivity index (χ0) is 16.4. The number of thiazole rings is 1. The number of ether oxygens (including phenoxy) is 1. The lowest BCUT2D eigenvalue weighted by atomic mass is 9.77. The van der Waals surface area contributed by atoms with Gasteiger partial charge in [-0.25, -0.2) is 4.98 Å². The van der Waals surface area contributed by atoms with Crippen molar-refractivity contribution < 1.29 is 19.6 Å². The highest BCUT2D eigenvalue weighted by Gasteiger charge is 2.20. The van der Waals surface area contributed by atoms with E-state index in [-0.39, 0.29) is 11.0 Å². The molecule has 2 N–H and O–H groups in total. The summed E-state index contributed by atoms with van der Waals surface area (Å²) in [5, 5.41) is 19.3. The predicted molar refractivity (Wildman–Crippen MR) is 89.3 cm³/mol. The molecule has 0 aliphatic heterocycles. The first-order valence-electron chi connectivity index (χ1n) is 7.62. The summed E-state index contributed by atoms with van der Waals surface area (Å²) in [6, 6.07) is 4.62. The van der Waals surface area contributed by atoms with Gasteiger partial charge in [0.05, 0.1) is 5.69 Å². The minimum absolute atomic E-state index is 0.172. The Labute approximate surface area is 139 Å². The molecule has 1 heterocycles. The molecule has 1 aliphatic carbocycles. The van der Waals surface area contributed by atoms with E-state index < -0.39 is 7.12 Å². The predicted octanol–water partition coefficient (Wildman–Crippen LogP) is 1.34. The van der Waals surface area contributed by atoms with Crippen molar-refractivity contribution in [1.82, 2.24) is 4.98 Å². The minimum Gasteiger partial charge on any atom is -0.486 e. The van der Waals surface area contributed by atoms with Crippen LogP contribution in [0.15, 0.2) is 18.2 Å². The van der Waals surface area contributed by atoms with Crippen LogP contribution in [0.5, 0.6) is 5.75 Å². The molecule has 0 radical (unpaired) electrons. The molecule has 1 aliphatic rings. The average Bonchev–Trinajstić information content (AvgIpc) is 2.94. The molecule has 1 unspecified atom stereocenters. The van der Waals surface area contributed by atoms with Crippen molar-refractivity contribution in [2.45, 2.75) is 32.8 Å². The summed E-state index contributed by atoms with van der Waals surface area (Å²) in [6.07, 6.45) is 3.90. The maximum Gasteiger partial charge on any atom is 0.489 e. The molecule has 0 saturated carbocycles. The van der Waals surface area contributed by atoms with Crippen molar-refractivity contribution in [2.75, 3.05) is 0 Å². The van der Waals surface area contributed by atoms with E-state index >= 15 is 0 Å². The molecule has 0 fully saturated rings. The maximum atomic E-state index is 11.0. The fraction of sp³-hybridized carbons (Fsp3) is 0.375. The van der Waals surface area contributed by atoms with E-state index in [1.165, 1.54) is 29.1 Å². The van der Waals surface area contributed by atoms with Crippen LogP contribution in [0.2, 0.25) is 0 Å². The number of carbonyl (C=O) groups is 1. The number of aryl methyl sites for hydroxylation is 1. The molecular weight excluding hydrogens is 313 g/mol. The lowest BCUT2D eigenvalue weighted by molar-refractivity contribution is 0.112. The monoisotopic (exact) mass is 331 g/mol. The van der Waals surface area contributed by atoms with Gasteiger partial charge in [0.2, 0.25) is 0 Å². The number of aldehydes is 1. The van der Waals surface area contributed by atoms with E-state index in [2.05, 4.69) is 11.9 Å². The molecule has 1 aromatic carbocycles. The Kier molecular flexibility index (Phi) is 4.80. The SMILES string of the molecule is CC1CCc2nc(COc3ccc(B(O)O)c(C=O)c3)sc2C1. The van der Waals surface area contributed by atoms with E-state index in [1.807, 2.05) is 0 Å². The maximum absolute atomic E-state index is 11.0. The van der Waals surface area contributed by atoms with Crippen molar-refractivity contribution in [3.05, 3.63) is 39.3 Å². The summed E-state index contributed by atoms with van der Waals surface area (Å²) >= 11 is 1.69. The van der Waals surface area contributed by atoms with Crippen LogP contribution in [0.1, 0.15) is 39.3 Å². The van der Waals surface area contributed by atoms with Gasteiger partial charge < -0.3 is 14.8 Å². The highest BCUT2D eigenvalue weighted by Crippen LogP contribution is 2.30. The summed E-state index contributed by atoms with van der Waals surface area (Å²) in [5.74, 6) is 1.22. The second-order valence-corrected chi connectivity index (χ2v) is 7.06. The van der Waals surface area contributed by atoms with Crippen molar-refractivity contribution in [3.8, 4) is 5.75 Å². The molecule has 0 saturated heterocycles. The highest BCUT2D eigenvalue weighted by atomic mass is 32.1. The van der Waals surface area contributed by atoms with Gasteiger partial charge in [0.1, 0.15) is 23.7 Å². The van der Waals surface area contributed by atoms with Crippen LogP contribution in [-0.2, 0) is 19.4 Å². The Morgan fingerprint density at radius 3 is 3.04 bits per heavy atom. The van der Waals surface area contributed by atoms with Crippen LogP contribution in [0, 0.1) is 5.92 Å². The molecule has 1 aromatic heterocycles. The van der Waals surface area contributed by atoms with Gasteiger partial charge in [0.25, 0.3) is 0 Å². The standard InChI is InChI=1S/C16H18BNO4S/c1-10-2-5-14-15(6-10)23-16(18-14)9-22-12-3-4-13(17(20)21)11(7-12)8-19/h3-4,7-8,10,20-21H,2,5-6,9H2,1H3. The van der Waals surface area contributed by atoms with E-state index in [0.717, 1.165) is 17.8 Å². The van der Waals surface area contributed by atoms with E-state index in [1.54, 1.807) is 17.4 Å². The quantitative estimate of drug-likeness (QED) is 0.638. The minimum atomic E-state index is -1.67. The van der Waals surface area contributed by atoms with Crippen molar-refractivity contribution in [2.24, 2.45) is 5.92 Å². The molecular formula is C16H18BNO4S. The third-order valence-electron chi connectivity index (χ3n) is 4.06. The molecule has 0 spiro atoms. The number of aromatic nitrogens is 1. The third kappa shape index (κ3) is 3.63. The van der Waals surface area contributed by atoms with Gasteiger partial charge >= 0.3 is 7.12 Å². The van der Waals surface area contributed by atoms with Gasteiger partial charge in [-0.15, -0.1) is 11.3 Å². The Hall–Kier alpha value is -1.70. The molecule has 7 heteroatoms. The second kappa shape index (κ2) is 6.82. The zero-order valence-corrected chi connectivity index (χ0v) is 13.7. The topological polar surface area (TPSA) is 79.7 Å². The molecule has 0 amide bonds. The first kappa shape index (κ1) is 16.2. The average molecular weight is 331 g/mol. The van der Waals surface area contributed by atoms with Crippen LogP contribution in [0.25, 0.3) is 0 Å². The van der Waals surface area contributed by atoms with Crippen LogP contribution in [-0.4, -0.2) is 28.4 Å². The highest BCUT2D eigenvalue weighted by molar-refractivity contribution is 7.11. The van der Waals surface area contributed by atoms with Crippen molar-refractivity contribution in [3.63, 3.8) is 0 Å². The number of hydrogen-bond acceptors (Lipinski definition) is 6. The molecule has 120 valence electrons. The van der Waals surface area contributed by atoms with Gasteiger partial charge in [-0.3, -0.25) is 4.79 Å². The zero-order valence-electron chi connectivity index (χ0n) is 12.9. The van der Waals surface area contributed by atoms with Gasteiger partial charge in [-0.1, -0.05) is 13.0 Å². The fourth-order valence-electron chi connectivity index (χ4n) is 2.78. The van der Waals surface area contributed by atoms with Gasteiger partial charge in [-0.2, -0.15) is 0 Å². The summed E-state index contributed by atoms with van der Waals surface area (Å²) < 4.78 is 5.70. The second-order valence-electron chi connectivity index (χ2n) is 5.90.